The van der Waals surface area contributed by atoms with Crippen molar-refractivity contribution in [1.29, 1.82) is 0 Å². The molecule has 7 heteroatoms. The van der Waals surface area contributed by atoms with Gasteiger partial charge in [-0.15, -0.1) is 0 Å². The van der Waals surface area contributed by atoms with E-state index in [4.69, 9.17) is 9.47 Å². The first-order valence-electron chi connectivity index (χ1n) is 12.0. The fourth-order valence-corrected chi connectivity index (χ4v) is 4.64. The largest absolute Gasteiger partial charge is 0.497 e. The molecule has 2 amide bonds. The maximum atomic E-state index is 13.1. The number of nitrogens with zero attached hydrogens (tertiary/aromatic N) is 2. The fraction of sp³-hybridized carbons (Fsp3) is 0.680. The number of rotatable bonds is 10. The van der Waals surface area contributed by atoms with E-state index in [0.29, 0.717) is 19.7 Å². The van der Waals surface area contributed by atoms with Gasteiger partial charge in [-0.2, -0.15) is 0 Å². The number of carbonyl (C=O) groups excluding carboxylic acids is 2. The first-order chi connectivity index (χ1) is 15.5. The molecule has 2 aliphatic heterocycles. The third kappa shape index (κ3) is 6.94. The first-order valence-corrected chi connectivity index (χ1v) is 12.0. The first kappa shape index (κ1) is 24.5. The van der Waals surface area contributed by atoms with Crippen LogP contribution < -0.4 is 10.1 Å². The van der Waals surface area contributed by atoms with E-state index in [0.717, 1.165) is 63.1 Å². The number of likely N-dealkylation sites (tertiary alicyclic amines) is 2. The zero-order valence-electron chi connectivity index (χ0n) is 19.8. The van der Waals surface area contributed by atoms with Crippen molar-refractivity contribution in [3.63, 3.8) is 0 Å². The normalized spacial score (nSPS) is 20.0. The minimum atomic E-state index is 0.0451. The minimum absolute atomic E-state index is 0.0451. The number of piperidine rings is 1. The molecule has 0 spiro atoms. The summed E-state index contributed by atoms with van der Waals surface area (Å²) < 4.78 is 10.9. The molecule has 0 radical (unpaired) electrons. The van der Waals surface area contributed by atoms with Crippen LogP contribution in [-0.4, -0.2) is 74.2 Å². The van der Waals surface area contributed by atoms with Gasteiger partial charge >= 0.3 is 0 Å². The number of benzene rings is 1. The quantitative estimate of drug-likeness (QED) is 0.561. The Morgan fingerprint density at radius 1 is 1.16 bits per heavy atom. The lowest BCUT2D eigenvalue weighted by Crippen LogP contribution is -2.45. The highest BCUT2D eigenvalue weighted by molar-refractivity contribution is 5.80. The SMILES string of the molecule is COc1cccc(C2CCCN2C(=O)CN2CCC(C(=O)NCCCOC(C)C)CC2)c1. The lowest BCUT2D eigenvalue weighted by molar-refractivity contribution is -0.134. The Bertz CT molecular complexity index is 746. The molecule has 2 aliphatic rings. The number of carbonyl (C=O) groups is 2. The highest BCUT2D eigenvalue weighted by Gasteiger charge is 2.32. The van der Waals surface area contributed by atoms with Gasteiger partial charge in [0, 0.05) is 25.6 Å². The smallest absolute Gasteiger partial charge is 0.237 e. The molecule has 32 heavy (non-hydrogen) atoms. The highest BCUT2D eigenvalue weighted by Crippen LogP contribution is 2.33. The second-order valence-corrected chi connectivity index (χ2v) is 9.14. The molecule has 0 saturated carbocycles. The lowest BCUT2D eigenvalue weighted by Gasteiger charge is -2.33. The average Bonchev–Trinajstić information content (AvgIpc) is 3.29. The maximum Gasteiger partial charge on any atom is 0.237 e. The van der Waals surface area contributed by atoms with Crippen molar-refractivity contribution in [1.82, 2.24) is 15.1 Å². The molecule has 1 aromatic rings. The topological polar surface area (TPSA) is 71.1 Å². The Kier molecular flexibility index (Phi) is 9.36. The molecule has 1 atom stereocenters. The molecule has 178 valence electrons. The van der Waals surface area contributed by atoms with Crippen LogP contribution in [0.2, 0.25) is 0 Å². The van der Waals surface area contributed by atoms with Crippen molar-refractivity contribution in [2.24, 2.45) is 5.92 Å². The highest BCUT2D eigenvalue weighted by atomic mass is 16.5. The van der Waals surface area contributed by atoms with Crippen molar-refractivity contribution < 1.29 is 19.1 Å². The minimum Gasteiger partial charge on any atom is -0.497 e. The Balaban J connectivity index is 1.41. The van der Waals surface area contributed by atoms with Gasteiger partial charge in [0.05, 0.1) is 25.8 Å². The summed E-state index contributed by atoms with van der Waals surface area (Å²) in [6.45, 7) is 8.17. The van der Waals surface area contributed by atoms with Crippen LogP contribution in [0.5, 0.6) is 5.75 Å². The maximum absolute atomic E-state index is 13.1. The standard InChI is InChI=1S/C25H39N3O4/c1-19(2)32-16-6-12-26-25(30)20-10-14-27(15-11-20)18-24(29)28-13-5-9-23(28)21-7-4-8-22(17-21)31-3/h4,7-8,17,19-20,23H,5-6,9-16,18H2,1-3H3,(H,26,30). The summed E-state index contributed by atoms with van der Waals surface area (Å²) >= 11 is 0. The molecule has 1 unspecified atom stereocenters. The monoisotopic (exact) mass is 445 g/mol. The Hall–Kier alpha value is -2.12. The van der Waals surface area contributed by atoms with Crippen molar-refractivity contribution in [3.05, 3.63) is 29.8 Å². The van der Waals surface area contributed by atoms with E-state index in [1.54, 1.807) is 7.11 Å². The van der Waals surface area contributed by atoms with Gasteiger partial charge in [0.25, 0.3) is 0 Å². The molecule has 1 aromatic carbocycles. The van der Waals surface area contributed by atoms with Crippen molar-refractivity contribution in [2.45, 2.75) is 58.1 Å². The number of nitrogens with one attached hydrogen (secondary N) is 1. The molecule has 2 fully saturated rings. The predicted octanol–water partition coefficient (Wildman–Crippen LogP) is 3.00. The molecule has 2 heterocycles. The Morgan fingerprint density at radius 2 is 1.94 bits per heavy atom. The van der Waals surface area contributed by atoms with Crippen molar-refractivity contribution >= 4 is 11.8 Å². The van der Waals surface area contributed by atoms with Crippen molar-refractivity contribution in [2.75, 3.05) is 46.4 Å². The molecule has 7 nitrogen and oxygen atoms in total. The summed E-state index contributed by atoms with van der Waals surface area (Å²) in [5, 5.41) is 3.04. The van der Waals surface area contributed by atoms with Gasteiger partial charge in [0.1, 0.15) is 5.75 Å². The van der Waals surface area contributed by atoms with Crippen LogP contribution in [0.25, 0.3) is 0 Å². The van der Waals surface area contributed by atoms with Crippen LogP contribution in [0.3, 0.4) is 0 Å². The van der Waals surface area contributed by atoms with Gasteiger partial charge in [0.15, 0.2) is 0 Å². The average molecular weight is 446 g/mol. The van der Waals surface area contributed by atoms with Crippen LogP contribution in [0, 0.1) is 5.92 Å². The molecule has 2 saturated heterocycles. The van der Waals surface area contributed by atoms with Crippen LogP contribution in [-0.2, 0) is 14.3 Å². The molecule has 0 bridgehead atoms. The van der Waals surface area contributed by atoms with Gasteiger partial charge in [-0.1, -0.05) is 12.1 Å². The molecule has 0 aromatic heterocycles. The lowest BCUT2D eigenvalue weighted by atomic mass is 9.96. The van der Waals surface area contributed by atoms with E-state index in [2.05, 4.69) is 16.3 Å². The number of hydrogen-bond acceptors (Lipinski definition) is 5. The molecular weight excluding hydrogens is 406 g/mol. The second-order valence-electron chi connectivity index (χ2n) is 9.14. The number of ether oxygens (including phenoxy) is 2. The fourth-order valence-electron chi connectivity index (χ4n) is 4.64. The molecular formula is C25H39N3O4. The van der Waals surface area contributed by atoms with Crippen molar-refractivity contribution in [3.8, 4) is 5.75 Å². The third-order valence-corrected chi connectivity index (χ3v) is 6.44. The Labute approximate surface area is 192 Å². The number of amides is 2. The van der Waals surface area contributed by atoms with E-state index < -0.39 is 0 Å². The van der Waals surface area contributed by atoms with E-state index in [9.17, 15) is 9.59 Å². The zero-order valence-corrected chi connectivity index (χ0v) is 19.8. The molecule has 1 N–H and O–H groups in total. The zero-order chi connectivity index (χ0) is 22.9. The van der Waals surface area contributed by atoms with Gasteiger partial charge in [-0.3, -0.25) is 14.5 Å². The summed E-state index contributed by atoms with van der Waals surface area (Å²) in [5.74, 6) is 1.19. The Morgan fingerprint density at radius 3 is 2.66 bits per heavy atom. The van der Waals surface area contributed by atoms with E-state index >= 15 is 0 Å². The van der Waals surface area contributed by atoms with Crippen LogP contribution >= 0.6 is 0 Å². The predicted molar refractivity (Wildman–Crippen MR) is 125 cm³/mol. The van der Waals surface area contributed by atoms with E-state index in [-0.39, 0.29) is 29.9 Å². The third-order valence-electron chi connectivity index (χ3n) is 6.44. The molecule has 3 rings (SSSR count). The van der Waals surface area contributed by atoms with Crippen LogP contribution in [0.4, 0.5) is 0 Å². The molecule has 0 aliphatic carbocycles. The summed E-state index contributed by atoms with van der Waals surface area (Å²) in [4.78, 5) is 29.7. The number of methoxy groups -OCH3 is 1. The number of hydrogen-bond donors (Lipinski definition) is 1. The second kappa shape index (κ2) is 12.2. The van der Waals surface area contributed by atoms with Gasteiger partial charge < -0.3 is 19.7 Å². The summed E-state index contributed by atoms with van der Waals surface area (Å²) in [6, 6.07) is 8.17. The van der Waals surface area contributed by atoms with E-state index in [1.165, 1.54) is 0 Å². The van der Waals surface area contributed by atoms with Gasteiger partial charge in [-0.25, -0.2) is 0 Å². The van der Waals surface area contributed by atoms with E-state index in [1.807, 2.05) is 36.9 Å². The van der Waals surface area contributed by atoms with Gasteiger partial charge in [-0.05, 0) is 76.7 Å². The summed E-state index contributed by atoms with van der Waals surface area (Å²) in [6.07, 6.45) is 4.69. The van der Waals surface area contributed by atoms with Gasteiger partial charge in [0.2, 0.25) is 11.8 Å². The van der Waals surface area contributed by atoms with Crippen LogP contribution in [0.1, 0.15) is 57.6 Å². The summed E-state index contributed by atoms with van der Waals surface area (Å²) in [5.41, 5.74) is 1.14. The summed E-state index contributed by atoms with van der Waals surface area (Å²) in [7, 11) is 1.67. The van der Waals surface area contributed by atoms with Crippen LogP contribution in [0.15, 0.2) is 24.3 Å².